The second-order valence-corrected chi connectivity index (χ2v) is 8.79. The summed E-state index contributed by atoms with van der Waals surface area (Å²) in [6, 6.07) is 7.02. The highest BCUT2D eigenvalue weighted by atomic mass is 32.1. The van der Waals surface area contributed by atoms with Gasteiger partial charge in [0, 0.05) is 13.2 Å². The first kappa shape index (κ1) is 19.8. The number of aryl methyl sites for hydroxylation is 3. The number of aromatic nitrogens is 1. The fraction of sp³-hybridized carbons (Fsp3) is 0.409. The van der Waals surface area contributed by atoms with Crippen molar-refractivity contribution in [2.75, 3.05) is 13.2 Å². The summed E-state index contributed by atoms with van der Waals surface area (Å²) in [5, 5.41) is 11.5. The van der Waals surface area contributed by atoms with Gasteiger partial charge in [0.15, 0.2) is 5.76 Å². The number of carbonyl (C=O) groups is 2. The Morgan fingerprint density at radius 1 is 1.31 bits per heavy atom. The van der Waals surface area contributed by atoms with Crippen LogP contribution in [0.1, 0.15) is 50.4 Å². The summed E-state index contributed by atoms with van der Waals surface area (Å²) in [6.07, 6.45) is 1.73. The molecule has 3 heterocycles. The van der Waals surface area contributed by atoms with E-state index in [9.17, 15) is 14.7 Å². The molecule has 2 atom stereocenters. The molecule has 0 aliphatic carbocycles. The highest BCUT2D eigenvalue weighted by Gasteiger charge is 2.45. The first-order valence-electron chi connectivity index (χ1n) is 9.78. The predicted octanol–water partition coefficient (Wildman–Crippen LogP) is 3.83. The van der Waals surface area contributed by atoms with Crippen molar-refractivity contribution in [3.63, 3.8) is 0 Å². The molecule has 1 aromatic carbocycles. The van der Waals surface area contributed by atoms with E-state index in [0.717, 1.165) is 29.0 Å². The first-order valence-corrected chi connectivity index (χ1v) is 10.6. The molecule has 2 aliphatic heterocycles. The van der Waals surface area contributed by atoms with Crippen LogP contribution in [0.25, 0.3) is 0 Å². The van der Waals surface area contributed by atoms with E-state index < -0.39 is 17.7 Å². The number of aliphatic hydroxyl groups is 1. The maximum atomic E-state index is 13.5. The molecule has 2 aromatic rings. The standard InChI is InChI=1S/C22H24N2O4S/c1-12-7-4-5-9-16(12)18-17(19(25)21-13(2)23-14(3)29-21)20(26)22(27)24(18)11-15-8-6-10-28-15/h4-5,7,9,15,18,26H,6,8,10-11H2,1-3H3. The van der Waals surface area contributed by atoms with Crippen LogP contribution in [0.3, 0.4) is 0 Å². The lowest BCUT2D eigenvalue weighted by atomic mass is 9.92. The van der Waals surface area contributed by atoms with Gasteiger partial charge in [-0.2, -0.15) is 0 Å². The number of Topliss-reactive ketones (excluding diaryl/α,β-unsaturated/α-hetero) is 1. The lowest BCUT2D eigenvalue weighted by molar-refractivity contribution is -0.131. The molecule has 1 N–H and O–H groups in total. The van der Waals surface area contributed by atoms with Crippen LogP contribution in [-0.4, -0.2) is 45.9 Å². The van der Waals surface area contributed by atoms with Crippen LogP contribution in [0.2, 0.25) is 0 Å². The van der Waals surface area contributed by atoms with Gasteiger partial charge in [-0.1, -0.05) is 24.3 Å². The molecule has 2 aliphatic rings. The Morgan fingerprint density at radius 2 is 2.07 bits per heavy atom. The number of nitrogens with zero attached hydrogens (tertiary/aromatic N) is 2. The Kier molecular flexibility index (Phi) is 5.27. The average molecular weight is 413 g/mol. The molecule has 152 valence electrons. The minimum absolute atomic E-state index is 0.0832. The minimum atomic E-state index is -0.637. The Labute approximate surface area is 173 Å². The number of amides is 1. The molecule has 7 heteroatoms. The molecular formula is C22H24N2O4S. The van der Waals surface area contributed by atoms with Gasteiger partial charge in [0.1, 0.15) is 0 Å². The number of benzene rings is 1. The summed E-state index contributed by atoms with van der Waals surface area (Å²) >= 11 is 1.29. The topological polar surface area (TPSA) is 79.7 Å². The molecule has 6 nitrogen and oxygen atoms in total. The summed E-state index contributed by atoms with van der Waals surface area (Å²) in [5.74, 6) is -1.32. The molecule has 1 fully saturated rings. The summed E-state index contributed by atoms with van der Waals surface area (Å²) in [6.45, 7) is 6.58. The Balaban J connectivity index is 1.80. The summed E-state index contributed by atoms with van der Waals surface area (Å²) in [7, 11) is 0. The SMILES string of the molecule is Cc1nc(C)c(C(=O)C2=C(O)C(=O)N(CC3CCCO3)C2c2ccccc2C)s1. The van der Waals surface area contributed by atoms with Crippen LogP contribution >= 0.6 is 11.3 Å². The number of hydrogen-bond acceptors (Lipinski definition) is 6. The van der Waals surface area contributed by atoms with Crippen molar-refractivity contribution in [2.45, 2.75) is 45.8 Å². The smallest absolute Gasteiger partial charge is 0.290 e. The van der Waals surface area contributed by atoms with E-state index in [-0.39, 0.29) is 17.5 Å². The second kappa shape index (κ2) is 7.72. The normalized spacial score (nSPS) is 22.0. The van der Waals surface area contributed by atoms with E-state index in [2.05, 4.69) is 4.98 Å². The van der Waals surface area contributed by atoms with E-state index in [1.807, 2.05) is 38.1 Å². The number of hydrogen-bond donors (Lipinski definition) is 1. The maximum absolute atomic E-state index is 13.5. The fourth-order valence-corrected chi connectivity index (χ4v) is 5.04. The Bertz CT molecular complexity index is 1000. The van der Waals surface area contributed by atoms with Crippen LogP contribution < -0.4 is 0 Å². The predicted molar refractivity (Wildman–Crippen MR) is 110 cm³/mol. The van der Waals surface area contributed by atoms with Crippen molar-refractivity contribution < 1.29 is 19.4 Å². The molecular weight excluding hydrogens is 388 g/mol. The van der Waals surface area contributed by atoms with Gasteiger partial charge in [-0.3, -0.25) is 9.59 Å². The highest BCUT2D eigenvalue weighted by Crippen LogP contribution is 2.41. The highest BCUT2D eigenvalue weighted by molar-refractivity contribution is 7.14. The molecule has 0 radical (unpaired) electrons. The van der Waals surface area contributed by atoms with Gasteiger partial charge in [0.25, 0.3) is 5.91 Å². The molecule has 1 saturated heterocycles. The van der Waals surface area contributed by atoms with Gasteiger partial charge in [0.05, 0.1) is 33.3 Å². The molecule has 1 amide bonds. The van der Waals surface area contributed by atoms with Crippen molar-refractivity contribution in [3.05, 3.63) is 62.3 Å². The molecule has 1 aromatic heterocycles. The summed E-state index contributed by atoms with van der Waals surface area (Å²) in [5.41, 5.74) is 2.55. The number of rotatable bonds is 5. The van der Waals surface area contributed by atoms with Gasteiger partial charge in [-0.05, 0) is 44.7 Å². The number of ketones is 1. The average Bonchev–Trinajstić information content (AvgIpc) is 3.37. The van der Waals surface area contributed by atoms with Crippen LogP contribution in [0.5, 0.6) is 0 Å². The van der Waals surface area contributed by atoms with Gasteiger partial charge in [-0.15, -0.1) is 11.3 Å². The van der Waals surface area contributed by atoms with E-state index in [4.69, 9.17) is 4.74 Å². The minimum Gasteiger partial charge on any atom is -0.503 e. The van der Waals surface area contributed by atoms with E-state index >= 15 is 0 Å². The van der Waals surface area contributed by atoms with Crippen LogP contribution in [-0.2, 0) is 9.53 Å². The van der Waals surface area contributed by atoms with E-state index in [0.29, 0.717) is 23.7 Å². The Hall–Kier alpha value is -2.51. The van der Waals surface area contributed by atoms with E-state index in [1.54, 1.807) is 11.8 Å². The Morgan fingerprint density at radius 3 is 2.69 bits per heavy atom. The van der Waals surface area contributed by atoms with Crippen molar-refractivity contribution in [3.8, 4) is 0 Å². The lowest BCUT2D eigenvalue weighted by Gasteiger charge is -2.29. The summed E-state index contributed by atoms with van der Waals surface area (Å²) in [4.78, 5) is 32.9. The van der Waals surface area contributed by atoms with Gasteiger partial charge >= 0.3 is 0 Å². The van der Waals surface area contributed by atoms with Crippen LogP contribution in [0.15, 0.2) is 35.6 Å². The number of ether oxygens (including phenoxy) is 1. The monoisotopic (exact) mass is 412 g/mol. The first-order chi connectivity index (χ1) is 13.9. The van der Waals surface area contributed by atoms with Crippen molar-refractivity contribution in [1.82, 2.24) is 9.88 Å². The zero-order valence-corrected chi connectivity index (χ0v) is 17.6. The van der Waals surface area contributed by atoms with Crippen molar-refractivity contribution in [1.29, 1.82) is 0 Å². The quantitative estimate of drug-likeness (QED) is 0.755. The fourth-order valence-electron chi connectivity index (χ4n) is 4.16. The summed E-state index contributed by atoms with van der Waals surface area (Å²) < 4.78 is 5.73. The molecule has 29 heavy (non-hydrogen) atoms. The van der Waals surface area contributed by atoms with Crippen LogP contribution in [0, 0.1) is 20.8 Å². The van der Waals surface area contributed by atoms with Crippen molar-refractivity contribution in [2.24, 2.45) is 0 Å². The third kappa shape index (κ3) is 3.49. The molecule has 4 rings (SSSR count). The maximum Gasteiger partial charge on any atom is 0.290 e. The number of carbonyl (C=O) groups excluding carboxylic acids is 2. The zero-order chi connectivity index (χ0) is 20.7. The second-order valence-electron chi connectivity index (χ2n) is 7.59. The largest absolute Gasteiger partial charge is 0.503 e. The van der Waals surface area contributed by atoms with Crippen molar-refractivity contribution >= 4 is 23.0 Å². The number of aliphatic hydroxyl groups excluding tert-OH is 1. The van der Waals surface area contributed by atoms with Gasteiger partial charge < -0.3 is 14.7 Å². The van der Waals surface area contributed by atoms with E-state index in [1.165, 1.54) is 11.3 Å². The van der Waals surface area contributed by atoms with Crippen LogP contribution in [0.4, 0.5) is 0 Å². The molecule has 0 spiro atoms. The lowest BCUT2D eigenvalue weighted by Crippen LogP contribution is -2.37. The third-order valence-electron chi connectivity index (χ3n) is 5.57. The molecule has 0 saturated carbocycles. The molecule has 0 bridgehead atoms. The number of thiazole rings is 1. The third-order valence-corrected chi connectivity index (χ3v) is 6.64. The van der Waals surface area contributed by atoms with Gasteiger partial charge in [0.2, 0.25) is 5.78 Å². The van der Waals surface area contributed by atoms with Gasteiger partial charge in [-0.25, -0.2) is 4.98 Å². The molecule has 2 unspecified atom stereocenters. The zero-order valence-electron chi connectivity index (χ0n) is 16.8.